The fraction of sp³-hybridized carbons (Fsp3) is 0.472. The minimum absolute atomic E-state index is 0.166. The molecule has 0 spiro atoms. The van der Waals surface area contributed by atoms with E-state index in [1.807, 2.05) is 60.4 Å². The maximum Gasteiger partial charge on any atom is 0.243 e. The maximum atomic E-state index is 15.2. The van der Waals surface area contributed by atoms with Crippen LogP contribution in [0.2, 0.25) is 0 Å². The quantitative estimate of drug-likeness (QED) is 0.0247. The fourth-order valence-electron chi connectivity index (χ4n) is 11.3. The molecule has 6 aromatic rings. The average Bonchev–Trinajstić information content (AvgIpc) is 3.74. The second-order valence-corrected chi connectivity index (χ2v) is 27.7. The van der Waals surface area contributed by atoms with Gasteiger partial charge >= 0.3 is 0 Å². The van der Waals surface area contributed by atoms with Gasteiger partial charge in [0, 0.05) is 100 Å². The molecule has 0 aliphatic carbocycles. The highest BCUT2D eigenvalue weighted by molar-refractivity contribution is 8.04. The monoisotopic (exact) mass is 1170 g/mol. The van der Waals surface area contributed by atoms with Crippen molar-refractivity contribution in [2.24, 2.45) is 14.1 Å². The summed E-state index contributed by atoms with van der Waals surface area (Å²) in [5, 5.41) is 8.69. The van der Waals surface area contributed by atoms with Crippen LogP contribution in [0, 0.1) is 95.3 Å². The van der Waals surface area contributed by atoms with E-state index in [1.165, 1.54) is 90.8 Å². The molecular weight excluding hydrogens is 1090 g/mol. The van der Waals surface area contributed by atoms with Crippen LogP contribution in [0.1, 0.15) is 204 Å². The van der Waals surface area contributed by atoms with Crippen LogP contribution >= 0.6 is 22.7 Å². The molecule has 0 fully saturated rings. The van der Waals surface area contributed by atoms with Gasteiger partial charge in [0.05, 0.1) is 20.5 Å². The molecule has 0 aliphatic heterocycles. The largest absolute Gasteiger partial charge is 0.342 e. The van der Waals surface area contributed by atoms with Crippen LogP contribution in [-0.4, -0.2) is 26.0 Å². The molecule has 4 aromatic heterocycles. The average molecular weight is 1170 g/mol. The van der Waals surface area contributed by atoms with E-state index in [4.69, 9.17) is 12.8 Å². The zero-order valence-corrected chi connectivity index (χ0v) is 53.4. The summed E-state index contributed by atoms with van der Waals surface area (Å²) >= 11 is 3.64. The molecule has 0 radical (unpaired) electrons. The molecular formula is C72H86N2O4S4. The van der Waals surface area contributed by atoms with E-state index in [-0.39, 0.29) is 22.7 Å². The first-order valence-corrected chi connectivity index (χ1v) is 34.9. The van der Waals surface area contributed by atoms with Crippen molar-refractivity contribution in [3.8, 4) is 90.9 Å². The second-order valence-electron chi connectivity index (χ2n) is 22.0. The molecule has 2 aromatic carbocycles. The summed E-state index contributed by atoms with van der Waals surface area (Å²) < 4.78 is 64.6. The van der Waals surface area contributed by atoms with E-state index in [2.05, 4.69) is 133 Å². The number of hydrogen-bond acceptors (Lipinski definition) is 6. The molecule has 6 nitrogen and oxygen atoms in total. The van der Waals surface area contributed by atoms with Gasteiger partial charge in [0.1, 0.15) is 0 Å². The van der Waals surface area contributed by atoms with Gasteiger partial charge in [-0.15, -0.1) is 35.5 Å². The summed E-state index contributed by atoms with van der Waals surface area (Å²) in [6.45, 7) is 10.8. The van der Waals surface area contributed by atoms with Gasteiger partial charge in [0.15, 0.2) is 0 Å². The van der Waals surface area contributed by atoms with Crippen molar-refractivity contribution in [3.63, 3.8) is 0 Å². The Labute approximate surface area is 501 Å². The van der Waals surface area contributed by atoms with Crippen LogP contribution in [-0.2, 0) is 40.2 Å². The first-order chi connectivity index (χ1) is 39.7. The van der Waals surface area contributed by atoms with Gasteiger partial charge in [-0.05, 0) is 123 Å². The van der Waals surface area contributed by atoms with Crippen LogP contribution in [0.15, 0.2) is 54.6 Å². The van der Waals surface area contributed by atoms with Crippen LogP contribution in [0.5, 0.6) is 0 Å². The van der Waals surface area contributed by atoms with Crippen molar-refractivity contribution in [1.82, 2.24) is 9.13 Å². The minimum Gasteiger partial charge on any atom is -0.342 e. The highest BCUT2D eigenvalue weighted by Gasteiger charge is 2.25. The summed E-state index contributed by atoms with van der Waals surface area (Å²) in [6, 6.07) is 19.2. The Kier molecular flexibility index (Phi) is 26.4. The number of unbranched alkanes of at least 4 members (excludes halogenated alkanes) is 21. The van der Waals surface area contributed by atoms with Crippen molar-refractivity contribution < 1.29 is 16.8 Å². The van der Waals surface area contributed by atoms with Gasteiger partial charge in [-0.25, -0.2) is 16.8 Å². The summed E-state index contributed by atoms with van der Waals surface area (Å²) in [6.07, 6.45) is 39.2. The third-order valence-corrected chi connectivity index (χ3v) is 20.9. The molecule has 432 valence electrons. The van der Waals surface area contributed by atoms with Crippen LogP contribution in [0.4, 0.5) is 0 Å². The van der Waals surface area contributed by atoms with Crippen molar-refractivity contribution in [1.29, 1.82) is 0 Å². The second kappa shape index (κ2) is 33.3. The predicted octanol–water partition coefficient (Wildman–Crippen LogP) is 17.0. The van der Waals surface area contributed by atoms with Gasteiger partial charge in [0.2, 0.25) is 19.7 Å². The molecule has 10 heteroatoms. The van der Waals surface area contributed by atoms with E-state index in [9.17, 15) is 0 Å². The first kappa shape index (κ1) is 65.1. The highest BCUT2D eigenvalue weighted by atomic mass is 32.2. The van der Waals surface area contributed by atoms with Crippen LogP contribution < -0.4 is 10.4 Å². The number of terminal acetylenes is 2. The number of fused-ring (bicyclic) bond motifs is 2. The van der Waals surface area contributed by atoms with E-state index in [1.54, 1.807) is 0 Å². The van der Waals surface area contributed by atoms with Gasteiger partial charge in [-0.2, -0.15) is 0 Å². The summed E-state index contributed by atoms with van der Waals surface area (Å²) in [5.41, 5.74) is 4.97. The number of thiophene rings is 2. The number of sulfone groups is 2. The Morgan fingerprint density at radius 1 is 0.476 bits per heavy atom. The predicted molar refractivity (Wildman–Crippen MR) is 353 cm³/mol. The first-order valence-electron chi connectivity index (χ1n) is 30.3. The Balaban J connectivity index is 1.69. The number of aromatic nitrogens is 2. The van der Waals surface area contributed by atoms with Crippen molar-refractivity contribution in [2.45, 2.75) is 208 Å². The van der Waals surface area contributed by atoms with Crippen LogP contribution in [0.3, 0.4) is 0 Å². The lowest BCUT2D eigenvalue weighted by molar-refractivity contribution is 0.544. The SMILES string of the molecule is C#CC#CC#CS(=O)(=O)\C(CCCCCCCC)=c1/c(=c2/c(=C(\CCCCCCCC)S(=O)(=O)C#CC#CC#C)c3ccc(-c4cc(CCCCCCCCCCCCCC)c(-c5ccc(C)s5)s4)cc3n2C)n(C)c2cc(C)ccc12. The third-order valence-electron chi connectivity index (χ3n) is 15.6. The standard InChI is InChI=1S/C72H86N2O4S4/c1-10-15-20-25-28-29-30-31-32-33-34-37-42-59-55-65(80-72(59)64-50-46-57(7)79-64)58-47-49-61-63(54-58)74(9)71(69(61)67(44-39-36-27-22-17-12-3)82(77,78)52-41-24-19-14-5)70-68(60-48-45-56(6)53-62(60)73(70)8)66(43-38-35-26-21-16-11-2)81(75,76)51-40-23-18-13-4/h4-5,45-50,53-55H,10-12,15-17,20-22,25-39,42-44H2,1-3,6-9H3/b68-66-,69-67+,71-70+. The highest BCUT2D eigenvalue weighted by Crippen LogP contribution is 2.42. The van der Waals surface area contributed by atoms with Crippen molar-refractivity contribution in [3.05, 3.63) is 91.7 Å². The number of hydrogen-bond donors (Lipinski definition) is 0. The zero-order chi connectivity index (χ0) is 58.9. The van der Waals surface area contributed by atoms with Crippen LogP contribution in [0.25, 0.3) is 51.8 Å². The molecule has 0 atom stereocenters. The van der Waals surface area contributed by atoms with Gasteiger partial charge in [-0.3, -0.25) is 0 Å². The molecule has 0 N–H and O–H groups in total. The molecule has 6 rings (SSSR count). The van der Waals surface area contributed by atoms with E-state index < -0.39 is 19.7 Å². The molecule has 0 saturated heterocycles. The summed E-state index contributed by atoms with van der Waals surface area (Å²) in [4.78, 5) is 5.31. The third kappa shape index (κ3) is 17.7. The Morgan fingerprint density at radius 3 is 1.37 bits per heavy atom. The number of aryl methyl sites for hydroxylation is 5. The lowest BCUT2D eigenvalue weighted by atomic mass is 10.0. The zero-order valence-electron chi connectivity index (χ0n) is 50.1. The molecule has 0 aliphatic rings. The van der Waals surface area contributed by atoms with E-state index >= 15 is 16.8 Å². The minimum atomic E-state index is -4.35. The Bertz CT molecular complexity index is 3990. The summed E-state index contributed by atoms with van der Waals surface area (Å²) in [5.74, 6) is 19.6. The topological polar surface area (TPSA) is 78.1 Å². The lowest BCUT2D eigenvalue weighted by Crippen LogP contribution is -2.20. The number of rotatable bonds is 31. The van der Waals surface area contributed by atoms with Gasteiger partial charge in [-0.1, -0.05) is 180 Å². The van der Waals surface area contributed by atoms with Crippen molar-refractivity contribution >= 4 is 74.0 Å². The van der Waals surface area contributed by atoms with Crippen molar-refractivity contribution in [2.75, 3.05) is 0 Å². The molecule has 0 amide bonds. The molecule has 0 unspecified atom stereocenters. The smallest absolute Gasteiger partial charge is 0.243 e. The normalized spacial score (nSPS) is 12.5. The van der Waals surface area contributed by atoms with E-state index in [0.29, 0.717) is 34.0 Å². The molecule has 0 bridgehead atoms. The van der Waals surface area contributed by atoms with Gasteiger partial charge in [0.25, 0.3) is 0 Å². The van der Waals surface area contributed by atoms with Gasteiger partial charge < -0.3 is 9.13 Å². The summed E-state index contributed by atoms with van der Waals surface area (Å²) in [7, 11) is -4.75. The van der Waals surface area contributed by atoms with E-state index in [0.717, 1.165) is 115 Å². The molecule has 4 heterocycles. The lowest BCUT2D eigenvalue weighted by Gasteiger charge is -2.07. The molecule has 0 saturated carbocycles. The fourth-order valence-corrected chi connectivity index (χ4v) is 15.9. The molecule has 82 heavy (non-hydrogen) atoms. The number of nitrogens with zero attached hydrogens (tertiary/aromatic N) is 2. The Hall–Kier alpha value is -6.08. The maximum absolute atomic E-state index is 15.2. The Morgan fingerprint density at radius 2 is 0.915 bits per heavy atom. The number of benzene rings is 2.